The van der Waals surface area contributed by atoms with E-state index < -0.39 is 12.1 Å². The molecule has 0 aromatic rings. The van der Waals surface area contributed by atoms with Gasteiger partial charge in [0.1, 0.15) is 0 Å². The molecule has 472 valence electrons. The van der Waals surface area contributed by atoms with Gasteiger partial charge in [-0.2, -0.15) is 0 Å². The average molecular weight is 1120 g/mol. The predicted molar refractivity (Wildman–Crippen MR) is 352 cm³/mol. The van der Waals surface area contributed by atoms with Crippen molar-refractivity contribution in [2.45, 2.75) is 411 Å². The van der Waals surface area contributed by atoms with Gasteiger partial charge < -0.3 is 20.3 Å². The van der Waals surface area contributed by atoms with E-state index in [9.17, 15) is 19.8 Å². The zero-order valence-electron chi connectivity index (χ0n) is 54.1. The summed E-state index contributed by atoms with van der Waals surface area (Å²) < 4.78 is 5.48. The van der Waals surface area contributed by atoms with E-state index in [1.54, 1.807) is 6.08 Å². The van der Waals surface area contributed by atoms with Gasteiger partial charge in [-0.05, 0) is 83.5 Å². The maximum absolute atomic E-state index is 12.5. The largest absolute Gasteiger partial charge is 0.466 e. The third-order valence-electron chi connectivity index (χ3n) is 16.9. The molecule has 6 nitrogen and oxygen atoms in total. The Hall–Kier alpha value is -1.92. The van der Waals surface area contributed by atoms with Crippen molar-refractivity contribution < 1.29 is 24.5 Å². The predicted octanol–water partition coefficient (Wildman–Crippen LogP) is 23.5. The molecular weight excluding hydrogens is 983 g/mol. The lowest BCUT2D eigenvalue weighted by atomic mass is 10.0. The molecule has 0 fully saturated rings. The quantitative estimate of drug-likeness (QED) is 0.0320. The minimum atomic E-state index is -0.842. The number of ether oxygens (including phenoxy) is 1. The van der Waals surface area contributed by atoms with Crippen molar-refractivity contribution in [2.24, 2.45) is 0 Å². The molecule has 0 saturated carbocycles. The van der Waals surface area contributed by atoms with Gasteiger partial charge in [-0.15, -0.1) is 0 Å². The van der Waals surface area contributed by atoms with Crippen LogP contribution in [-0.4, -0.2) is 47.4 Å². The van der Waals surface area contributed by atoms with Crippen molar-refractivity contribution in [2.75, 3.05) is 13.2 Å². The summed E-state index contributed by atoms with van der Waals surface area (Å²) in [7, 11) is 0. The molecule has 0 spiro atoms. The molecule has 0 aromatic heterocycles. The van der Waals surface area contributed by atoms with Crippen LogP contribution in [0.1, 0.15) is 399 Å². The Morgan fingerprint density at radius 2 is 0.588 bits per heavy atom. The molecule has 3 N–H and O–H groups in total. The van der Waals surface area contributed by atoms with Gasteiger partial charge in [-0.25, -0.2) is 0 Å². The Kier molecular flexibility index (Phi) is 67.9. The van der Waals surface area contributed by atoms with E-state index in [1.807, 2.05) is 6.08 Å². The van der Waals surface area contributed by atoms with Crippen molar-refractivity contribution in [3.05, 3.63) is 36.5 Å². The van der Waals surface area contributed by atoms with Gasteiger partial charge in [0.15, 0.2) is 0 Å². The number of nitrogens with one attached hydrogen (secondary N) is 1. The number of rotatable bonds is 68. The molecule has 2 atom stereocenters. The van der Waals surface area contributed by atoms with Crippen LogP contribution in [-0.2, 0) is 14.3 Å². The molecule has 0 aromatic carbocycles. The second kappa shape index (κ2) is 69.6. The number of hydrogen-bond acceptors (Lipinski definition) is 5. The fourth-order valence-corrected chi connectivity index (χ4v) is 11.3. The molecule has 80 heavy (non-hydrogen) atoms. The molecule has 0 saturated heterocycles. The zero-order valence-corrected chi connectivity index (χ0v) is 54.1. The van der Waals surface area contributed by atoms with E-state index in [4.69, 9.17) is 4.74 Å². The Morgan fingerprint density at radius 1 is 0.338 bits per heavy atom. The summed E-state index contributed by atoms with van der Waals surface area (Å²) in [6.07, 6.45) is 89.6. The van der Waals surface area contributed by atoms with Crippen molar-refractivity contribution in [3.8, 4) is 0 Å². The van der Waals surface area contributed by atoms with Crippen LogP contribution >= 0.6 is 0 Å². The van der Waals surface area contributed by atoms with Gasteiger partial charge >= 0.3 is 5.97 Å². The Balaban J connectivity index is 3.36. The number of aliphatic hydroxyl groups is 2. The molecule has 6 heteroatoms. The third kappa shape index (κ3) is 65.2. The normalized spacial score (nSPS) is 12.7. The average Bonchev–Trinajstić information content (AvgIpc) is 3.46. The van der Waals surface area contributed by atoms with Gasteiger partial charge in [-0.3, -0.25) is 9.59 Å². The zero-order chi connectivity index (χ0) is 57.8. The van der Waals surface area contributed by atoms with Gasteiger partial charge in [0.05, 0.1) is 25.4 Å². The molecule has 0 aliphatic carbocycles. The van der Waals surface area contributed by atoms with Crippen LogP contribution in [0.4, 0.5) is 0 Å². The molecule has 1 amide bonds. The lowest BCUT2D eigenvalue weighted by Crippen LogP contribution is -2.45. The molecule has 2 unspecified atom stereocenters. The molecule has 0 radical (unpaired) electrons. The van der Waals surface area contributed by atoms with Crippen molar-refractivity contribution >= 4 is 11.9 Å². The highest BCUT2D eigenvalue weighted by Crippen LogP contribution is 2.19. The first-order chi connectivity index (χ1) is 39.5. The maximum atomic E-state index is 12.5. The van der Waals surface area contributed by atoms with Crippen LogP contribution in [0.15, 0.2) is 36.5 Å². The molecule has 0 rings (SSSR count). The van der Waals surface area contributed by atoms with E-state index >= 15 is 0 Å². The minimum absolute atomic E-state index is 0.0101. The lowest BCUT2D eigenvalue weighted by molar-refractivity contribution is -0.143. The summed E-state index contributed by atoms with van der Waals surface area (Å²) in [6.45, 7) is 4.91. The summed E-state index contributed by atoms with van der Waals surface area (Å²) >= 11 is 0. The number of amides is 1. The SMILES string of the molecule is CCCCC/C=C\CCCCCCCC(=O)OCCCCCCCCCCCCCCCC/C=C\CCCCCCCCCCCCCCCCCCCC(=O)NC(CO)C(O)/C=C/CCCCCCCCCCCCCCCC. The van der Waals surface area contributed by atoms with E-state index in [0.29, 0.717) is 19.4 Å². The first-order valence-electron chi connectivity index (χ1n) is 36.3. The van der Waals surface area contributed by atoms with E-state index in [2.05, 4.69) is 43.5 Å². The molecule has 0 aliphatic heterocycles. The second-order valence-electron chi connectivity index (χ2n) is 24.9. The number of carbonyl (C=O) groups excluding carboxylic acids is 2. The number of carbonyl (C=O) groups is 2. The monoisotopic (exact) mass is 1120 g/mol. The Morgan fingerprint density at radius 3 is 0.912 bits per heavy atom. The highest BCUT2D eigenvalue weighted by molar-refractivity contribution is 5.76. The minimum Gasteiger partial charge on any atom is -0.466 e. The number of esters is 1. The molecule has 0 aliphatic rings. The molecular formula is C74H141NO5. The fourth-order valence-electron chi connectivity index (χ4n) is 11.3. The first kappa shape index (κ1) is 78.1. The summed E-state index contributed by atoms with van der Waals surface area (Å²) in [5.41, 5.74) is 0. The van der Waals surface area contributed by atoms with Crippen LogP contribution in [0.5, 0.6) is 0 Å². The second-order valence-corrected chi connectivity index (χ2v) is 24.9. The topological polar surface area (TPSA) is 95.9 Å². The van der Waals surface area contributed by atoms with E-state index in [0.717, 1.165) is 44.9 Å². The van der Waals surface area contributed by atoms with Gasteiger partial charge in [0, 0.05) is 12.8 Å². The molecule has 0 bridgehead atoms. The Labute approximate surface area is 500 Å². The summed E-state index contributed by atoms with van der Waals surface area (Å²) in [5.74, 6) is -0.0516. The number of aliphatic hydroxyl groups excluding tert-OH is 2. The van der Waals surface area contributed by atoms with E-state index in [-0.39, 0.29) is 18.5 Å². The molecule has 0 heterocycles. The van der Waals surface area contributed by atoms with Crippen molar-refractivity contribution in [3.63, 3.8) is 0 Å². The smallest absolute Gasteiger partial charge is 0.305 e. The van der Waals surface area contributed by atoms with Crippen molar-refractivity contribution in [1.29, 1.82) is 0 Å². The van der Waals surface area contributed by atoms with Gasteiger partial charge in [0.25, 0.3) is 0 Å². The van der Waals surface area contributed by atoms with Crippen LogP contribution in [0.25, 0.3) is 0 Å². The number of hydrogen-bond donors (Lipinski definition) is 3. The highest BCUT2D eigenvalue weighted by atomic mass is 16.5. The maximum Gasteiger partial charge on any atom is 0.305 e. The number of unbranched alkanes of at least 4 members (excludes halogenated alkanes) is 53. The van der Waals surface area contributed by atoms with Crippen LogP contribution < -0.4 is 5.32 Å². The van der Waals surface area contributed by atoms with Crippen LogP contribution in [0.3, 0.4) is 0 Å². The lowest BCUT2D eigenvalue weighted by Gasteiger charge is -2.20. The van der Waals surface area contributed by atoms with Gasteiger partial charge in [-0.1, -0.05) is 339 Å². The fraction of sp³-hybridized carbons (Fsp3) is 0.892. The summed E-state index contributed by atoms with van der Waals surface area (Å²) in [6, 6.07) is -0.625. The highest BCUT2D eigenvalue weighted by Gasteiger charge is 2.18. The number of allylic oxidation sites excluding steroid dienone is 5. The van der Waals surface area contributed by atoms with Crippen LogP contribution in [0, 0.1) is 0 Å². The summed E-state index contributed by atoms with van der Waals surface area (Å²) in [5, 5.41) is 23.2. The van der Waals surface area contributed by atoms with Gasteiger partial charge in [0.2, 0.25) is 5.91 Å². The first-order valence-corrected chi connectivity index (χ1v) is 36.3. The van der Waals surface area contributed by atoms with E-state index in [1.165, 1.54) is 327 Å². The standard InChI is InChI=1S/C74H141NO5/c1-3-5-7-9-11-13-15-17-18-40-43-46-50-54-58-62-66-72(77)71(70-76)75-73(78)67-63-59-55-51-47-44-41-38-36-34-32-30-28-26-24-22-20-19-21-23-25-27-29-31-33-35-37-39-42-45-49-53-57-61-65-69-80-74(79)68-64-60-56-52-48-16-14-12-10-8-6-4-2/h12,14,21,23,62,66,71-72,76-77H,3-11,13,15-20,22,24-61,63-65,67-70H2,1-2H3,(H,75,78)/b14-12-,23-21-,66-62+. The Bertz CT molecular complexity index is 1300. The van der Waals surface area contributed by atoms with Crippen molar-refractivity contribution in [1.82, 2.24) is 5.32 Å². The third-order valence-corrected chi connectivity index (χ3v) is 16.9. The van der Waals surface area contributed by atoms with Crippen LogP contribution in [0.2, 0.25) is 0 Å². The summed E-state index contributed by atoms with van der Waals surface area (Å²) in [4.78, 5) is 24.5.